The van der Waals surface area contributed by atoms with Crippen molar-refractivity contribution < 1.29 is 24.1 Å². The van der Waals surface area contributed by atoms with Gasteiger partial charge < -0.3 is 23.9 Å². The second-order valence-corrected chi connectivity index (χ2v) is 7.78. The zero-order chi connectivity index (χ0) is 23.9. The number of carbonyl (C=O) groups excluding carboxylic acids is 1. The Morgan fingerprint density at radius 2 is 1.88 bits per heavy atom. The van der Waals surface area contributed by atoms with E-state index in [-0.39, 0.29) is 25.1 Å². The Labute approximate surface area is 191 Å². The van der Waals surface area contributed by atoms with Gasteiger partial charge in [0, 0.05) is 36.3 Å². The molecule has 174 valence electrons. The van der Waals surface area contributed by atoms with E-state index in [2.05, 4.69) is 0 Å². The second kappa shape index (κ2) is 8.70. The number of cyclic esters (lactones) is 1. The number of pyridine rings is 2. The summed E-state index contributed by atoms with van der Waals surface area (Å²) in [5.74, 6) is -0.740. The number of rotatable bonds is 4. The zero-order valence-electron chi connectivity index (χ0n) is 19.5. The average Bonchev–Trinajstić information content (AvgIpc) is 3.22. The highest BCUT2D eigenvalue weighted by molar-refractivity contribution is 5.89. The highest BCUT2D eigenvalue weighted by Crippen LogP contribution is 2.42. The molecule has 8 heteroatoms. The minimum Gasteiger partial charge on any atom is -0.458 e. The van der Waals surface area contributed by atoms with E-state index in [0.29, 0.717) is 22.5 Å². The molecule has 5 rings (SSSR count). The van der Waals surface area contributed by atoms with Crippen LogP contribution in [0, 0.1) is 0 Å². The van der Waals surface area contributed by atoms with E-state index in [9.17, 15) is 14.7 Å². The lowest BCUT2D eigenvalue weighted by atomic mass is 9.86. The Morgan fingerprint density at radius 3 is 2.55 bits per heavy atom. The zero-order valence-corrected chi connectivity index (χ0v) is 19.5. The van der Waals surface area contributed by atoms with Crippen molar-refractivity contribution in [2.45, 2.75) is 52.2 Å². The van der Waals surface area contributed by atoms with Gasteiger partial charge in [0.05, 0.1) is 29.0 Å². The van der Waals surface area contributed by atoms with E-state index in [1.54, 1.807) is 31.8 Å². The first-order valence-corrected chi connectivity index (χ1v) is 11.1. The number of hydrogen-bond acceptors (Lipinski definition) is 7. The number of esters is 1. The number of nitrogens with zero attached hydrogens (tertiary/aromatic N) is 2. The highest BCUT2D eigenvalue weighted by atomic mass is 16.7. The molecule has 1 N–H and O–H groups in total. The van der Waals surface area contributed by atoms with Crippen molar-refractivity contribution in [3.05, 3.63) is 62.9 Å². The molecule has 0 saturated heterocycles. The third-order valence-corrected chi connectivity index (χ3v) is 6.30. The number of aromatic nitrogens is 2. The molecule has 1 atom stereocenters. The molecule has 1 aromatic carbocycles. The third kappa shape index (κ3) is 3.28. The average molecular weight is 453 g/mol. The SMILES string of the molecule is CC.CCC1(O)C(=O)OCc2c1cc1n(c2=O)Cc2c-1nc1ccccc1c2C(OC)OC. The van der Waals surface area contributed by atoms with Crippen molar-refractivity contribution in [1.29, 1.82) is 0 Å². The van der Waals surface area contributed by atoms with Crippen molar-refractivity contribution in [1.82, 2.24) is 9.55 Å². The lowest BCUT2D eigenvalue weighted by Gasteiger charge is -2.31. The molecule has 0 spiro atoms. The van der Waals surface area contributed by atoms with Gasteiger partial charge in [-0.1, -0.05) is 39.0 Å². The Morgan fingerprint density at radius 1 is 1.18 bits per heavy atom. The van der Waals surface area contributed by atoms with Crippen LogP contribution >= 0.6 is 0 Å². The number of ether oxygens (including phenoxy) is 3. The van der Waals surface area contributed by atoms with Gasteiger partial charge in [-0.15, -0.1) is 0 Å². The predicted octanol–water partition coefficient (Wildman–Crippen LogP) is 3.40. The highest BCUT2D eigenvalue weighted by Gasteiger charge is 2.45. The number of fused-ring (bicyclic) bond motifs is 5. The fourth-order valence-corrected chi connectivity index (χ4v) is 4.66. The van der Waals surface area contributed by atoms with Gasteiger partial charge in [0.2, 0.25) is 0 Å². The number of carbonyl (C=O) groups is 1. The minimum absolute atomic E-state index is 0.0976. The first kappa shape index (κ1) is 23.1. The monoisotopic (exact) mass is 452 g/mol. The van der Waals surface area contributed by atoms with Gasteiger partial charge in [0.15, 0.2) is 11.9 Å². The number of aliphatic hydroxyl groups is 1. The van der Waals surface area contributed by atoms with E-state index in [4.69, 9.17) is 19.2 Å². The Hall–Kier alpha value is -3.07. The fourth-order valence-electron chi connectivity index (χ4n) is 4.66. The van der Waals surface area contributed by atoms with Crippen LogP contribution in [0.1, 0.15) is 55.7 Å². The van der Waals surface area contributed by atoms with Gasteiger partial charge in [-0.25, -0.2) is 9.78 Å². The smallest absolute Gasteiger partial charge is 0.343 e. The van der Waals surface area contributed by atoms with Gasteiger partial charge >= 0.3 is 5.97 Å². The maximum absolute atomic E-state index is 13.4. The van der Waals surface area contributed by atoms with Crippen LogP contribution in [-0.2, 0) is 37.8 Å². The number of hydrogen-bond donors (Lipinski definition) is 1. The summed E-state index contributed by atoms with van der Waals surface area (Å²) in [5.41, 5.74) is 1.97. The number of para-hydroxylation sites is 1. The number of methoxy groups -OCH3 is 2. The van der Waals surface area contributed by atoms with Crippen molar-refractivity contribution in [3.8, 4) is 11.4 Å². The molecule has 2 aliphatic heterocycles. The molecule has 2 aromatic heterocycles. The van der Waals surface area contributed by atoms with Crippen molar-refractivity contribution in [3.63, 3.8) is 0 Å². The van der Waals surface area contributed by atoms with Crippen LogP contribution in [0.25, 0.3) is 22.3 Å². The van der Waals surface area contributed by atoms with Gasteiger partial charge in [-0.2, -0.15) is 0 Å². The summed E-state index contributed by atoms with van der Waals surface area (Å²) in [4.78, 5) is 30.5. The molecule has 0 bridgehead atoms. The second-order valence-electron chi connectivity index (χ2n) is 7.78. The molecular formula is C25H28N2O6. The summed E-state index contributed by atoms with van der Waals surface area (Å²) < 4.78 is 17.9. The standard InChI is InChI=1S/C23H22N2O6.C2H6/c1-4-23(28)15-9-17-19-13(10-25(17)20(26)14(15)11-31-22(23)27)18(21(29-2)30-3)12-7-5-6-8-16(12)24-19;1-2/h5-9,21,28H,4,10-11H2,1-3H3;1-2H3. The van der Waals surface area contributed by atoms with Crippen LogP contribution in [0.15, 0.2) is 35.1 Å². The van der Waals surface area contributed by atoms with Crippen LogP contribution in [0.5, 0.6) is 0 Å². The van der Waals surface area contributed by atoms with Crippen molar-refractivity contribution >= 4 is 16.9 Å². The largest absolute Gasteiger partial charge is 0.458 e. The summed E-state index contributed by atoms with van der Waals surface area (Å²) in [6.07, 6.45) is -0.542. The van der Waals surface area contributed by atoms with Crippen molar-refractivity contribution in [2.24, 2.45) is 0 Å². The van der Waals surface area contributed by atoms with Gasteiger partial charge in [-0.3, -0.25) is 4.79 Å². The third-order valence-electron chi connectivity index (χ3n) is 6.30. The van der Waals surface area contributed by atoms with Gasteiger partial charge in [0.25, 0.3) is 5.56 Å². The quantitative estimate of drug-likeness (QED) is 0.374. The molecule has 0 saturated carbocycles. The first-order valence-electron chi connectivity index (χ1n) is 11.1. The maximum Gasteiger partial charge on any atom is 0.343 e. The Kier molecular flexibility index (Phi) is 6.09. The molecule has 0 aliphatic carbocycles. The van der Waals surface area contributed by atoms with E-state index in [0.717, 1.165) is 22.0 Å². The summed E-state index contributed by atoms with van der Waals surface area (Å²) in [5, 5.41) is 11.9. The summed E-state index contributed by atoms with van der Waals surface area (Å²) in [6.45, 7) is 5.80. The maximum atomic E-state index is 13.4. The molecule has 0 amide bonds. The molecule has 0 fully saturated rings. The van der Waals surface area contributed by atoms with Crippen LogP contribution in [0.3, 0.4) is 0 Å². The van der Waals surface area contributed by atoms with Crippen LogP contribution in [0.2, 0.25) is 0 Å². The Bertz CT molecular complexity index is 1290. The van der Waals surface area contributed by atoms with E-state index >= 15 is 0 Å². The summed E-state index contributed by atoms with van der Waals surface area (Å²) >= 11 is 0. The van der Waals surface area contributed by atoms with Crippen LogP contribution in [0.4, 0.5) is 0 Å². The molecule has 1 unspecified atom stereocenters. The van der Waals surface area contributed by atoms with Gasteiger partial charge in [0.1, 0.15) is 6.61 Å². The first-order chi connectivity index (χ1) is 15.9. The molecule has 8 nitrogen and oxygen atoms in total. The Balaban J connectivity index is 0.00000126. The van der Waals surface area contributed by atoms with Gasteiger partial charge in [-0.05, 0) is 18.6 Å². The predicted molar refractivity (Wildman–Crippen MR) is 123 cm³/mol. The fraction of sp³-hybridized carbons (Fsp3) is 0.400. The van der Waals surface area contributed by atoms with Crippen LogP contribution in [-0.4, -0.2) is 34.8 Å². The van der Waals surface area contributed by atoms with Crippen molar-refractivity contribution in [2.75, 3.05) is 14.2 Å². The topological polar surface area (TPSA) is 99.9 Å². The summed E-state index contributed by atoms with van der Waals surface area (Å²) in [7, 11) is 3.13. The normalized spacial score (nSPS) is 18.3. The molecule has 4 heterocycles. The van der Waals surface area contributed by atoms with E-state index in [1.165, 1.54) is 0 Å². The number of benzene rings is 1. The molecule has 3 aromatic rings. The molecule has 2 aliphatic rings. The molecule has 33 heavy (non-hydrogen) atoms. The molecule has 0 radical (unpaired) electrons. The summed E-state index contributed by atoms with van der Waals surface area (Å²) in [6, 6.07) is 9.34. The minimum atomic E-state index is -1.85. The van der Waals surface area contributed by atoms with Crippen LogP contribution < -0.4 is 5.56 Å². The molecular weight excluding hydrogens is 424 g/mol. The lowest BCUT2D eigenvalue weighted by Crippen LogP contribution is -2.44. The van der Waals surface area contributed by atoms with E-state index in [1.807, 2.05) is 38.1 Å². The lowest BCUT2D eigenvalue weighted by molar-refractivity contribution is -0.172. The van der Waals surface area contributed by atoms with E-state index < -0.39 is 17.9 Å².